The van der Waals surface area contributed by atoms with Gasteiger partial charge in [0.1, 0.15) is 6.54 Å². The number of aliphatic carboxylic acids is 1. The first-order chi connectivity index (χ1) is 10.0. The Kier molecular flexibility index (Phi) is 5.17. The molecule has 118 valence electrons. The maximum atomic E-state index is 12.5. The van der Waals surface area contributed by atoms with Crippen LogP contribution >= 0.6 is 0 Å². The normalized spacial score (nSPS) is 21.7. The van der Waals surface area contributed by atoms with Crippen molar-refractivity contribution in [3.8, 4) is 0 Å². The molecule has 2 rings (SSSR count). The minimum absolute atomic E-state index is 0.0629. The third-order valence-corrected chi connectivity index (χ3v) is 3.94. The van der Waals surface area contributed by atoms with E-state index in [1.54, 1.807) is 12.0 Å². The number of hydrogen-bond acceptors (Lipinski definition) is 4. The quantitative estimate of drug-likeness (QED) is 0.671. The molecule has 1 heterocycles. The first-order valence-corrected chi connectivity index (χ1v) is 7.28. The molecule has 2 aliphatic rings. The van der Waals surface area contributed by atoms with Gasteiger partial charge in [-0.3, -0.25) is 14.4 Å². The largest absolute Gasteiger partial charge is 0.480 e. The number of amides is 2. The molecule has 1 atom stereocenters. The van der Waals surface area contributed by atoms with Crippen LogP contribution in [0.2, 0.25) is 0 Å². The van der Waals surface area contributed by atoms with E-state index in [0.29, 0.717) is 32.2 Å². The van der Waals surface area contributed by atoms with E-state index in [0.717, 1.165) is 12.8 Å². The van der Waals surface area contributed by atoms with E-state index in [1.807, 2.05) is 0 Å². The Hall–Kier alpha value is -1.63. The molecule has 7 nitrogen and oxygen atoms in total. The lowest BCUT2D eigenvalue weighted by atomic mass is 10.1. The minimum atomic E-state index is -1.01. The fourth-order valence-electron chi connectivity index (χ4n) is 2.62. The van der Waals surface area contributed by atoms with Gasteiger partial charge in [0.05, 0.1) is 12.5 Å². The maximum Gasteiger partial charge on any atom is 0.323 e. The zero-order chi connectivity index (χ0) is 15.4. The Morgan fingerprint density at radius 1 is 1.43 bits per heavy atom. The molecule has 1 aliphatic carbocycles. The van der Waals surface area contributed by atoms with E-state index >= 15 is 0 Å². The Morgan fingerprint density at radius 3 is 2.71 bits per heavy atom. The SMILES string of the molecule is COCCN1CC(C(=O)N(CC(=O)O)CC2CC2)CC1=O. The topological polar surface area (TPSA) is 87.2 Å². The fourth-order valence-corrected chi connectivity index (χ4v) is 2.62. The summed E-state index contributed by atoms with van der Waals surface area (Å²) < 4.78 is 4.94. The summed E-state index contributed by atoms with van der Waals surface area (Å²) in [6.07, 6.45) is 2.27. The van der Waals surface area contributed by atoms with Crippen molar-refractivity contribution < 1.29 is 24.2 Å². The van der Waals surface area contributed by atoms with Crippen LogP contribution in [0.25, 0.3) is 0 Å². The van der Waals surface area contributed by atoms with Gasteiger partial charge in [-0.1, -0.05) is 0 Å². The molecule has 0 spiro atoms. The second-order valence-corrected chi connectivity index (χ2v) is 5.79. The molecule has 1 saturated carbocycles. The van der Waals surface area contributed by atoms with Crippen molar-refractivity contribution >= 4 is 17.8 Å². The third kappa shape index (κ3) is 4.42. The van der Waals surface area contributed by atoms with Crippen LogP contribution in [0.5, 0.6) is 0 Å². The van der Waals surface area contributed by atoms with Crippen LogP contribution in [0.4, 0.5) is 0 Å². The van der Waals surface area contributed by atoms with Crippen LogP contribution in [-0.2, 0) is 19.1 Å². The van der Waals surface area contributed by atoms with Gasteiger partial charge in [0, 0.05) is 33.2 Å². The lowest BCUT2D eigenvalue weighted by Gasteiger charge is -2.24. The van der Waals surface area contributed by atoms with E-state index in [-0.39, 0.29) is 24.8 Å². The number of likely N-dealkylation sites (tertiary alicyclic amines) is 1. The van der Waals surface area contributed by atoms with E-state index in [9.17, 15) is 14.4 Å². The minimum Gasteiger partial charge on any atom is -0.480 e. The first kappa shape index (κ1) is 15.8. The molecule has 0 aromatic rings. The van der Waals surface area contributed by atoms with Gasteiger partial charge < -0.3 is 19.6 Å². The predicted octanol–water partition coefficient (Wildman–Crippen LogP) is -0.195. The fraction of sp³-hybridized carbons (Fsp3) is 0.786. The molecule has 21 heavy (non-hydrogen) atoms. The summed E-state index contributed by atoms with van der Waals surface area (Å²) in [5, 5.41) is 8.94. The van der Waals surface area contributed by atoms with Crippen molar-refractivity contribution in [2.75, 3.05) is 39.9 Å². The highest BCUT2D eigenvalue weighted by atomic mass is 16.5. The highest BCUT2D eigenvalue weighted by molar-refractivity contribution is 5.90. The van der Waals surface area contributed by atoms with Crippen molar-refractivity contribution in [3.05, 3.63) is 0 Å². The highest BCUT2D eigenvalue weighted by Crippen LogP contribution is 2.30. The predicted molar refractivity (Wildman–Crippen MR) is 73.5 cm³/mol. The monoisotopic (exact) mass is 298 g/mol. The summed E-state index contributed by atoms with van der Waals surface area (Å²) in [4.78, 5) is 38.2. The van der Waals surface area contributed by atoms with Gasteiger partial charge in [-0.2, -0.15) is 0 Å². The van der Waals surface area contributed by atoms with Crippen LogP contribution in [0.1, 0.15) is 19.3 Å². The molecule has 0 bridgehead atoms. The smallest absolute Gasteiger partial charge is 0.323 e. The molecule has 1 saturated heterocycles. The third-order valence-electron chi connectivity index (χ3n) is 3.94. The molecule has 0 aromatic carbocycles. The molecule has 1 unspecified atom stereocenters. The van der Waals surface area contributed by atoms with Crippen molar-refractivity contribution in [3.63, 3.8) is 0 Å². The molecule has 2 amide bonds. The summed E-state index contributed by atoms with van der Waals surface area (Å²) in [7, 11) is 1.56. The molecular formula is C14H22N2O5. The second-order valence-electron chi connectivity index (χ2n) is 5.79. The number of rotatable bonds is 8. The van der Waals surface area contributed by atoms with Crippen molar-refractivity contribution in [2.45, 2.75) is 19.3 Å². The summed E-state index contributed by atoms with van der Waals surface area (Å²) >= 11 is 0. The number of carbonyl (C=O) groups excluding carboxylic acids is 2. The Bertz CT molecular complexity index is 422. The molecule has 2 fully saturated rings. The number of carboxylic acid groups (broad SMARTS) is 1. The van der Waals surface area contributed by atoms with Crippen LogP contribution in [0.15, 0.2) is 0 Å². The summed E-state index contributed by atoms with van der Waals surface area (Å²) in [6, 6.07) is 0. The Morgan fingerprint density at radius 2 is 2.14 bits per heavy atom. The number of hydrogen-bond donors (Lipinski definition) is 1. The van der Waals surface area contributed by atoms with Crippen LogP contribution in [0, 0.1) is 11.8 Å². The van der Waals surface area contributed by atoms with E-state index in [1.165, 1.54) is 4.90 Å². The first-order valence-electron chi connectivity index (χ1n) is 7.28. The lowest BCUT2D eigenvalue weighted by Crippen LogP contribution is -2.41. The second kappa shape index (κ2) is 6.89. The molecule has 7 heteroatoms. The van der Waals surface area contributed by atoms with E-state index in [4.69, 9.17) is 9.84 Å². The van der Waals surface area contributed by atoms with Crippen LogP contribution in [-0.4, -0.2) is 72.6 Å². The van der Waals surface area contributed by atoms with Crippen molar-refractivity contribution in [2.24, 2.45) is 11.8 Å². The molecular weight excluding hydrogens is 276 g/mol. The molecule has 0 radical (unpaired) electrons. The number of ether oxygens (including phenoxy) is 1. The van der Waals surface area contributed by atoms with Crippen LogP contribution < -0.4 is 0 Å². The summed E-state index contributed by atoms with van der Waals surface area (Å²) in [6.45, 7) is 1.49. The zero-order valence-electron chi connectivity index (χ0n) is 12.3. The molecule has 0 aromatic heterocycles. The number of carboxylic acids is 1. The number of methoxy groups -OCH3 is 1. The van der Waals surface area contributed by atoms with Crippen molar-refractivity contribution in [1.82, 2.24) is 9.80 Å². The van der Waals surface area contributed by atoms with Gasteiger partial charge in [-0.25, -0.2) is 0 Å². The number of nitrogens with zero attached hydrogens (tertiary/aromatic N) is 2. The van der Waals surface area contributed by atoms with Gasteiger partial charge in [0.15, 0.2) is 0 Å². The van der Waals surface area contributed by atoms with Gasteiger partial charge in [0.25, 0.3) is 0 Å². The van der Waals surface area contributed by atoms with Gasteiger partial charge >= 0.3 is 5.97 Å². The molecule has 1 aliphatic heterocycles. The summed E-state index contributed by atoms with van der Waals surface area (Å²) in [5.41, 5.74) is 0. The average Bonchev–Trinajstić information content (AvgIpc) is 3.16. The standard InChI is InChI=1S/C14H22N2O5/c1-21-5-4-15-8-11(6-12(15)17)14(20)16(9-13(18)19)7-10-2-3-10/h10-11H,2-9H2,1H3,(H,18,19). The van der Waals surface area contributed by atoms with Gasteiger partial charge in [-0.15, -0.1) is 0 Å². The Labute approximate surface area is 123 Å². The molecule has 1 N–H and O–H groups in total. The highest BCUT2D eigenvalue weighted by Gasteiger charge is 2.38. The lowest BCUT2D eigenvalue weighted by molar-refractivity contribution is -0.146. The summed E-state index contributed by atoms with van der Waals surface area (Å²) in [5.74, 6) is -1.28. The van der Waals surface area contributed by atoms with E-state index in [2.05, 4.69) is 0 Å². The van der Waals surface area contributed by atoms with E-state index < -0.39 is 11.9 Å². The maximum absolute atomic E-state index is 12.5. The van der Waals surface area contributed by atoms with Gasteiger partial charge in [-0.05, 0) is 18.8 Å². The zero-order valence-corrected chi connectivity index (χ0v) is 12.3. The van der Waals surface area contributed by atoms with Crippen molar-refractivity contribution in [1.29, 1.82) is 0 Å². The Balaban J connectivity index is 1.93. The average molecular weight is 298 g/mol. The van der Waals surface area contributed by atoms with Crippen LogP contribution in [0.3, 0.4) is 0 Å². The van der Waals surface area contributed by atoms with Gasteiger partial charge in [0.2, 0.25) is 11.8 Å². The number of carbonyl (C=O) groups is 3.